The molecule has 11 nitrogen and oxygen atoms in total. The maximum Gasteiger partial charge on any atom is 0.268 e. The average molecular weight is 558 g/mol. The molecule has 0 bridgehead atoms. The molecule has 0 unspecified atom stereocenters. The first-order chi connectivity index (χ1) is 18.4. The van der Waals surface area contributed by atoms with Crippen molar-refractivity contribution in [3.8, 4) is 11.7 Å². The fourth-order valence-electron chi connectivity index (χ4n) is 5.53. The van der Waals surface area contributed by atoms with Crippen LogP contribution < -0.4 is 20.1 Å². The second kappa shape index (κ2) is 11.4. The Hall–Kier alpha value is -3.41. The first-order valence-corrected chi connectivity index (χ1v) is 14.8. The third kappa shape index (κ3) is 6.43. The summed E-state index contributed by atoms with van der Waals surface area (Å²) in [7, 11) is -2.83. The maximum absolute atomic E-state index is 13.4. The van der Waals surface area contributed by atoms with Crippen LogP contribution in [0, 0.1) is 11.8 Å². The monoisotopic (exact) mass is 557 g/mol. The molecule has 0 aromatic carbocycles. The summed E-state index contributed by atoms with van der Waals surface area (Å²) in [4.78, 5) is 23.8. The van der Waals surface area contributed by atoms with Crippen molar-refractivity contribution in [2.45, 2.75) is 65.3 Å². The standard InChI is InChI=1S/C27H39N7O4S/c1-18-14-27(3,4)33(16-18)25-21(26(35)32-39(36,37)22(15-29-5)19(2)28)10-11-23(30-25)34-13-12-24(31-34)38-17-20-8-6-7-9-20/h10-13,15,18,20H,6-9,14,16-17,28H2,1-5H3,(H,32,35)/t18-/m0/s1. The van der Waals surface area contributed by atoms with Crippen molar-refractivity contribution in [3.05, 3.63) is 40.6 Å². The number of nitrogens with two attached hydrogens (primary N) is 1. The molecule has 1 aliphatic carbocycles. The van der Waals surface area contributed by atoms with E-state index >= 15 is 0 Å². The average Bonchev–Trinajstić information content (AvgIpc) is 3.60. The Morgan fingerprint density at radius 2 is 2.00 bits per heavy atom. The van der Waals surface area contributed by atoms with E-state index in [1.165, 1.54) is 39.7 Å². The van der Waals surface area contributed by atoms with Crippen LogP contribution in [0.15, 0.2) is 40.0 Å². The van der Waals surface area contributed by atoms with Gasteiger partial charge in [0.1, 0.15) is 10.7 Å². The lowest BCUT2D eigenvalue weighted by molar-refractivity contribution is 0.0982. The number of carbonyl (C=O) groups is 1. The maximum atomic E-state index is 13.4. The number of hydrogen-bond acceptors (Lipinski definition) is 9. The molecule has 1 saturated heterocycles. The molecular weight excluding hydrogens is 518 g/mol. The van der Waals surface area contributed by atoms with Crippen LogP contribution in [-0.4, -0.2) is 61.0 Å². The number of nitrogens with zero attached hydrogens (tertiary/aromatic N) is 5. The van der Waals surface area contributed by atoms with Gasteiger partial charge in [-0.15, -0.1) is 5.10 Å². The van der Waals surface area contributed by atoms with Crippen molar-refractivity contribution in [1.29, 1.82) is 0 Å². The Kier molecular flexibility index (Phi) is 8.34. The van der Waals surface area contributed by atoms with Crippen LogP contribution in [0.1, 0.15) is 70.2 Å². The molecule has 212 valence electrons. The summed E-state index contributed by atoms with van der Waals surface area (Å²) >= 11 is 0. The van der Waals surface area contributed by atoms with Crippen molar-refractivity contribution >= 4 is 28.0 Å². The van der Waals surface area contributed by atoms with E-state index in [4.69, 9.17) is 15.5 Å². The smallest absolute Gasteiger partial charge is 0.268 e. The third-order valence-corrected chi connectivity index (χ3v) is 8.79. The lowest BCUT2D eigenvalue weighted by Crippen LogP contribution is -2.41. The number of sulfonamides is 1. The van der Waals surface area contributed by atoms with Gasteiger partial charge in [0.25, 0.3) is 15.9 Å². The van der Waals surface area contributed by atoms with E-state index in [0.29, 0.717) is 42.5 Å². The van der Waals surface area contributed by atoms with Gasteiger partial charge in [0.15, 0.2) is 5.82 Å². The number of anilines is 1. The number of nitrogens with one attached hydrogen (secondary N) is 1. The van der Waals surface area contributed by atoms with Gasteiger partial charge in [-0.1, -0.05) is 19.8 Å². The summed E-state index contributed by atoms with van der Waals surface area (Å²) in [5.74, 6) is 1.52. The topological polar surface area (TPSA) is 145 Å². The molecule has 2 fully saturated rings. The van der Waals surface area contributed by atoms with E-state index < -0.39 is 15.9 Å². The van der Waals surface area contributed by atoms with Crippen LogP contribution in [0.4, 0.5) is 5.82 Å². The van der Waals surface area contributed by atoms with Crippen LogP contribution >= 0.6 is 0 Å². The Morgan fingerprint density at radius 3 is 2.62 bits per heavy atom. The molecule has 2 aliphatic rings. The highest BCUT2D eigenvalue weighted by atomic mass is 32.2. The number of aliphatic imine (C=N–C) groups is 1. The zero-order chi connectivity index (χ0) is 28.4. The number of carbonyl (C=O) groups excluding carboxylic acids is 1. The van der Waals surface area contributed by atoms with Crippen LogP contribution in [0.5, 0.6) is 5.88 Å². The first kappa shape index (κ1) is 28.6. The number of amides is 1. The molecular formula is C27H39N7O4S. The molecule has 2 aromatic heterocycles. The van der Waals surface area contributed by atoms with Crippen molar-refractivity contribution in [2.75, 3.05) is 25.1 Å². The van der Waals surface area contributed by atoms with E-state index in [1.807, 2.05) is 0 Å². The lowest BCUT2D eigenvalue weighted by atomic mass is 9.97. The zero-order valence-electron chi connectivity index (χ0n) is 23.3. The van der Waals surface area contributed by atoms with Gasteiger partial charge in [0.05, 0.1) is 12.2 Å². The highest BCUT2D eigenvalue weighted by Gasteiger charge is 2.39. The Labute approximate surface area is 230 Å². The van der Waals surface area contributed by atoms with Crippen molar-refractivity contribution in [3.63, 3.8) is 0 Å². The van der Waals surface area contributed by atoms with Crippen molar-refractivity contribution < 1.29 is 17.9 Å². The Balaban J connectivity index is 1.67. The number of hydrogen-bond donors (Lipinski definition) is 2. The minimum Gasteiger partial charge on any atom is -0.476 e. The van der Waals surface area contributed by atoms with Crippen molar-refractivity contribution in [1.82, 2.24) is 19.5 Å². The number of pyridine rings is 1. The van der Waals surface area contributed by atoms with Crippen LogP contribution in [-0.2, 0) is 10.0 Å². The van der Waals surface area contributed by atoms with Crippen molar-refractivity contribution in [2.24, 2.45) is 22.6 Å². The predicted molar refractivity (Wildman–Crippen MR) is 152 cm³/mol. The van der Waals surface area contributed by atoms with Gasteiger partial charge in [0.2, 0.25) is 5.88 Å². The minimum absolute atomic E-state index is 0.0220. The molecule has 12 heteroatoms. The number of ether oxygens (including phenoxy) is 1. The highest BCUT2D eigenvalue weighted by Crippen LogP contribution is 2.38. The predicted octanol–water partition coefficient (Wildman–Crippen LogP) is 3.41. The van der Waals surface area contributed by atoms with Gasteiger partial charge in [0, 0.05) is 43.3 Å². The quantitative estimate of drug-likeness (QED) is 0.446. The number of aromatic nitrogens is 3. The summed E-state index contributed by atoms with van der Waals surface area (Å²) in [5, 5.41) is 4.54. The first-order valence-electron chi connectivity index (χ1n) is 13.3. The Morgan fingerprint density at radius 1 is 1.28 bits per heavy atom. The van der Waals surface area contributed by atoms with Gasteiger partial charge in [-0.05, 0) is 64.0 Å². The number of rotatable bonds is 9. The molecule has 1 amide bonds. The van der Waals surface area contributed by atoms with E-state index in [2.05, 4.69) is 40.5 Å². The molecule has 4 rings (SSSR count). The molecule has 1 atom stereocenters. The second-order valence-corrected chi connectivity index (χ2v) is 12.9. The zero-order valence-corrected chi connectivity index (χ0v) is 24.2. The fourth-order valence-corrected chi connectivity index (χ4v) is 6.66. The van der Waals surface area contributed by atoms with Gasteiger partial charge in [-0.2, -0.15) is 0 Å². The second-order valence-electron chi connectivity index (χ2n) is 11.2. The minimum atomic E-state index is -4.26. The molecule has 1 aliphatic heterocycles. The van der Waals surface area contributed by atoms with E-state index in [0.717, 1.165) is 12.6 Å². The van der Waals surface area contributed by atoms with Crippen LogP contribution in [0.2, 0.25) is 0 Å². The molecule has 39 heavy (non-hydrogen) atoms. The summed E-state index contributed by atoms with van der Waals surface area (Å²) in [6.07, 6.45) is 8.64. The van der Waals surface area contributed by atoms with Crippen LogP contribution in [0.25, 0.3) is 5.82 Å². The lowest BCUT2D eigenvalue weighted by Gasteiger charge is -2.34. The molecule has 3 N–H and O–H groups in total. The van der Waals surface area contributed by atoms with Gasteiger partial charge >= 0.3 is 0 Å². The fraction of sp³-hybridized carbons (Fsp3) is 0.556. The van der Waals surface area contributed by atoms with Gasteiger partial charge < -0.3 is 15.4 Å². The Bertz CT molecular complexity index is 1370. The SMILES string of the molecule is CN=CC(=C(C)N)S(=O)(=O)NC(=O)c1ccc(-n2ccc(OCC3CCCC3)n2)nc1N1C[C@@H](C)CC1(C)C. The summed E-state index contributed by atoms with van der Waals surface area (Å²) in [6, 6.07) is 5.02. The number of allylic oxidation sites excluding steroid dienone is 2. The van der Waals surface area contributed by atoms with E-state index in [-0.39, 0.29) is 21.7 Å². The summed E-state index contributed by atoms with van der Waals surface area (Å²) in [6.45, 7) is 9.06. The molecule has 0 spiro atoms. The molecule has 2 aromatic rings. The van der Waals surface area contributed by atoms with Gasteiger partial charge in [-0.3, -0.25) is 9.79 Å². The van der Waals surface area contributed by atoms with E-state index in [9.17, 15) is 13.2 Å². The largest absolute Gasteiger partial charge is 0.476 e. The summed E-state index contributed by atoms with van der Waals surface area (Å²) < 4.78 is 35.6. The van der Waals surface area contributed by atoms with Crippen LogP contribution in [0.3, 0.4) is 0 Å². The molecule has 0 radical (unpaired) electrons. The van der Waals surface area contributed by atoms with Gasteiger partial charge in [-0.25, -0.2) is 22.8 Å². The summed E-state index contributed by atoms with van der Waals surface area (Å²) in [5.41, 5.74) is 5.62. The molecule has 3 heterocycles. The third-order valence-electron chi connectivity index (χ3n) is 7.33. The normalized spacial score (nSPS) is 20.4. The van der Waals surface area contributed by atoms with E-state index in [1.54, 1.807) is 29.1 Å². The highest BCUT2D eigenvalue weighted by molar-refractivity contribution is 7.94. The molecule has 1 saturated carbocycles.